The van der Waals surface area contributed by atoms with E-state index in [0.717, 1.165) is 31.2 Å². The third-order valence-electron chi connectivity index (χ3n) is 3.84. The molecule has 0 saturated carbocycles. The van der Waals surface area contributed by atoms with E-state index in [4.69, 9.17) is 5.73 Å². The van der Waals surface area contributed by atoms with Crippen LogP contribution in [0.3, 0.4) is 0 Å². The van der Waals surface area contributed by atoms with E-state index in [-0.39, 0.29) is 17.4 Å². The number of carbonyl (C=O) groups is 1. The van der Waals surface area contributed by atoms with E-state index >= 15 is 0 Å². The molecule has 0 aliphatic carbocycles. The largest absolute Gasteiger partial charge is 0.382 e. The zero-order chi connectivity index (χ0) is 16.2. The first kappa shape index (κ1) is 15.8. The van der Waals surface area contributed by atoms with Crippen LogP contribution in [-0.4, -0.2) is 38.8 Å². The third kappa shape index (κ3) is 4.02. The van der Waals surface area contributed by atoms with Crippen LogP contribution in [0.1, 0.15) is 35.9 Å². The number of hydrogen-bond donors (Lipinski definition) is 2. The fraction of sp³-hybridized carbons (Fsp3) is 0.467. The molecule has 7 nitrogen and oxygen atoms in total. The summed E-state index contributed by atoms with van der Waals surface area (Å²) in [5.74, 6) is 0.466. The van der Waals surface area contributed by atoms with Crippen molar-refractivity contribution in [3.05, 3.63) is 29.2 Å². The van der Waals surface area contributed by atoms with Gasteiger partial charge in [0.1, 0.15) is 0 Å². The predicted octanol–water partition coefficient (Wildman–Crippen LogP) is 2.00. The van der Waals surface area contributed by atoms with Gasteiger partial charge in [0.2, 0.25) is 0 Å². The van der Waals surface area contributed by atoms with Gasteiger partial charge >= 0.3 is 0 Å². The summed E-state index contributed by atoms with van der Waals surface area (Å²) in [6, 6.07) is 0. The van der Waals surface area contributed by atoms with Crippen molar-refractivity contribution in [1.29, 1.82) is 0 Å². The maximum Gasteiger partial charge on any atom is 0.279 e. The van der Waals surface area contributed by atoms with Crippen LogP contribution in [0.5, 0.6) is 0 Å². The van der Waals surface area contributed by atoms with Gasteiger partial charge in [0.05, 0.1) is 5.69 Å². The predicted molar refractivity (Wildman–Crippen MR) is 90.2 cm³/mol. The molecule has 1 aliphatic heterocycles. The Morgan fingerprint density at radius 1 is 1.48 bits per heavy atom. The van der Waals surface area contributed by atoms with Crippen molar-refractivity contribution in [3.8, 4) is 0 Å². The minimum Gasteiger partial charge on any atom is -0.382 e. The minimum absolute atomic E-state index is 0.115. The second-order valence-corrected chi connectivity index (χ2v) is 6.73. The molecule has 23 heavy (non-hydrogen) atoms. The van der Waals surface area contributed by atoms with Gasteiger partial charge in [-0.1, -0.05) is 6.92 Å². The molecule has 3 rings (SSSR count). The average Bonchev–Trinajstić information content (AvgIpc) is 2.94. The lowest BCUT2D eigenvalue weighted by molar-refractivity contribution is 0.102. The van der Waals surface area contributed by atoms with Crippen LogP contribution >= 0.6 is 11.3 Å². The van der Waals surface area contributed by atoms with E-state index in [1.165, 1.54) is 36.6 Å². The van der Waals surface area contributed by atoms with Gasteiger partial charge < -0.3 is 5.73 Å². The first-order valence-electron chi connectivity index (χ1n) is 7.66. The Hall–Kier alpha value is -2.06. The van der Waals surface area contributed by atoms with Crippen LogP contribution in [-0.2, 0) is 6.54 Å². The number of nitrogens with two attached hydrogens (primary N) is 1. The topological polar surface area (TPSA) is 97.0 Å². The summed E-state index contributed by atoms with van der Waals surface area (Å²) in [5.41, 5.74) is 6.76. The average molecular weight is 332 g/mol. The Morgan fingerprint density at radius 2 is 2.30 bits per heavy atom. The standard InChI is InChI=1S/C15H20N6OS/c1-10-3-2-6-21(7-10)8-11-9-23-15(19-11)20-14(22)12-13(16)18-5-4-17-12/h4-5,9-10H,2-3,6-8H2,1H3,(H2,16,18)(H,19,20,22). The molecule has 122 valence electrons. The maximum atomic E-state index is 12.1. The third-order valence-corrected chi connectivity index (χ3v) is 4.65. The molecular formula is C15H20N6OS. The van der Waals surface area contributed by atoms with Crippen LogP contribution in [0, 0.1) is 5.92 Å². The van der Waals surface area contributed by atoms with Crippen LogP contribution in [0.25, 0.3) is 0 Å². The van der Waals surface area contributed by atoms with Crippen LogP contribution in [0.4, 0.5) is 10.9 Å². The van der Waals surface area contributed by atoms with Crippen molar-refractivity contribution in [2.24, 2.45) is 5.92 Å². The molecule has 1 amide bonds. The molecule has 0 radical (unpaired) electrons. The van der Waals surface area contributed by atoms with Gasteiger partial charge in [-0.2, -0.15) is 0 Å². The van der Waals surface area contributed by atoms with E-state index in [1.54, 1.807) is 0 Å². The Balaban J connectivity index is 1.61. The number of rotatable bonds is 4. The minimum atomic E-state index is -0.386. The number of piperidine rings is 1. The van der Waals surface area contributed by atoms with Crippen molar-refractivity contribution in [3.63, 3.8) is 0 Å². The lowest BCUT2D eigenvalue weighted by Gasteiger charge is -2.30. The quantitative estimate of drug-likeness (QED) is 0.889. The number of aromatic nitrogens is 3. The van der Waals surface area contributed by atoms with Gasteiger partial charge in [-0.3, -0.25) is 15.0 Å². The highest BCUT2D eigenvalue weighted by Gasteiger charge is 2.18. The first-order valence-corrected chi connectivity index (χ1v) is 8.54. The normalized spacial score (nSPS) is 18.7. The summed E-state index contributed by atoms with van der Waals surface area (Å²) < 4.78 is 0. The first-order chi connectivity index (χ1) is 11.1. The maximum absolute atomic E-state index is 12.1. The molecule has 0 spiro atoms. The van der Waals surface area contributed by atoms with Gasteiger partial charge in [0.25, 0.3) is 5.91 Å². The van der Waals surface area contributed by atoms with Gasteiger partial charge in [0.15, 0.2) is 16.6 Å². The van der Waals surface area contributed by atoms with E-state index in [9.17, 15) is 4.79 Å². The monoisotopic (exact) mass is 332 g/mol. The number of anilines is 2. The summed E-state index contributed by atoms with van der Waals surface area (Å²) in [5, 5.41) is 5.27. The molecule has 1 aliphatic rings. The smallest absolute Gasteiger partial charge is 0.279 e. The second kappa shape index (κ2) is 7.01. The van der Waals surface area contributed by atoms with Gasteiger partial charge in [-0.25, -0.2) is 15.0 Å². The fourth-order valence-corrected chi connectivity index (χ4v) is 3.47. The molecule has 8 heteroatoms. The van der Waals surface area contributed by atoms with Crippen molar-refractivity contribution in [1.82, 2.24) is 19.9 Å². The number of hydrogen-bond acceptors (Lipinski definition) is 7. The van der Waals surface area contributed by atoms with Gasteiger partial charge in [-0.05, 0) is 25.3 Å². The molecule has 1 saturated heterocycles. The molecule has 1 fully saturated rings. The molecule has 0 bridgehead atoms. The van der Waals surface area contributed by atoms with Crippen molar-refractivity contribution in [2.45, 2.75) is 26.3 Å². The highest BCUT2D eigenvalue weighted by molar-refractivity contribution is 7.13. The molecule has 2 aromatic rings. The molecule has 1 unspecified atom stereocenters. The fourth-order valence-electron chi connectivity index (χ4n) is 2.78. The summed E-state index contributed by atoms with van der Waals surface area (Å²) in [6.45, 7) is 5.32. The number of carbonyl (C=O) groups excluding carboxylic acids is 1. The van der Waals surface area contributed by atoms with Crippen molar-refractivity contribution in [2.75, 3.05) is 24.1 Å². The van der Waals surface area contributed by atoms with Gasteiger partial charge in [0, 0.05) is 30.9 Å². The number of likely N-dealkylation sites (tertiary alicyclic amines) is 1. The van der Waals surface area contributed by atoms with Crippen LogP contribution in [0.15, 0.2) is 17.8 Å². The van der Waals surface area contributed by atoms with E-state index < -0.39 is 0 Å². The Labute approximate surface area is 139 Å². The van der Waals surface area contributed by atoms with Crippen molar-refractivity contribution >= 4 is 28.2 Å². The van der Waals surface area contributed by atoms with Crippen molar-refractivity contribution < 1.29 is 4.79 Å². The van der Waals surface area contributed by atoms with E-state index in [1.807, 2.05) is 5.38 Å². The Bertz CT molecular complexity index is 688. The Kier molecular flexibility index (Phi) is 4.82. The molecule has 1 atom stereocenters. The summed E-state index contributed by atoms with van der Waals surface area (Å²) in [7, 11) is 0. The number of nitrogens with one attached hydrogen (secondary N) is 1. The molecule has 2 aromatic heterocycles. The van der Waals surface area contributed by atoms with E-state index in [2.05, 4.69) is 32.1 Å². The zero-order valence-corrected chi connectivity index (χ0v) is 13.8. The van der Waals surface area contributed by atoms with Crippen LogP contribution in [0.2, 0.25) is 0 Å². The number of nitrogens with zero attached hydrogens (tertiary/aromatic N) is 4. The zero-order valence-electron chi connectivity index (χ0n) is 13.0. The summed E-state index contributed by atoms with van der Waals surface area (Å²) >= 11 is 1.41. The SMILES string of the molecule is CC1CCCN(Cc2csc(NC(=O)c3nccnc3N)n2)C1. The molecule has 3 N–H and O–H groups in total. The van der Waals surface area contributed by atoms with E-state index in [0.29, 0.717) is 5.13 Å². The Morgan fingerprint density at radius 3 is 3.09 bits per heavy atom. The molecular weight excluding hydrogens is 312 g/mol. The van der Waals surface area contributed by atoms with Gasteiger partial charge in [-0.15, -0.1) is 11.3 Å². The summed E-state index contributed by atoms with van der Waals surface area (Å²) in [6.07, 6.45) is 5.43. The lowest BCUT2D eigenvalue weighted by atomic mass is 10.0. The molecule has 0 aromatic carbocycles. The van der Waals surface area contributed by atoms with Crippen LogP contribution < -0.4 is 11.1 Å². The highest BCUT2D eigenvalue weighted by Crippen LogP contribution is 2.21. The summed E-state index contributed by atoms with van der Waals surface area (Å²) in [4.78, 5) is 26.8. The number of nitrogen functional groups attached to an aromatic ring is 1. The number of thiazole rings is 1. The molecule has 3 heterocycles. The second-order valence-electron chi connectivity index (χ2n) is 5.87. The lowest BCUT2D eigenvalue weighted by Crippen LogP contribution is -2.33. The highest BCUT2D eigenvalue weighted by atomic mass is 32.1. The number of amides is 1.